The monoisotopic (exact) mass is 545 g/mol. The molecule has 0 aliphatic heterocycles. The number of hydrogen-bond acceptors (Lipinski definition) is 3. The molecule has 4 aromatic rings. The van der Waals surface area contributed by atoms with Crippen LogP contribution < -0.4 is 4.74 Å². The van der Waals surface area contributed by atoms with Crippen LogP contribution in [-0.4, -0.2) is 9.97 Å². The molecule has 3 aromatic carbocycles. The summed E-state index contributed by atoms with van der Waals surface area (Å²) in [4.78, 5) is 7.73. The Kier molecular flexibility index (Phi) is 6.78. The number of hydrogen-bond donors (Lipinski definition) is 1. The number of aromatic nitrogens is 2. The van der Waals surface area contributed by atoms with Crippen molar-refractivity contribution in [3.63, 3.8) is 0 Å². The molecule has 0 atom stereocenters. The maximum Gasteiger partial charge on any atom is 0.152 e. The highest BCUT2D eigenvalue weighted by molar-refractivity contribution is 9.10. The zero-order valence-electron chi connectivity index (χ0n) is 16.7. The number of ether oxygens (including phenoxy) is 1. The van der Waals surface area contributed by atoms with Crippen LogP contribution in [0.4, 0.5) is 0 Å². The van der Waals surface area contributed by atoms with E-state index in [1.165, 1.54) is 0 Å². The van der Waals surface area contributed by atoms with Crippen molar-refractivity contribution >= 4 is 73.4 Å². The summed E-state index contributed by atoms with van der Waals surface area (Å²) in [6.07, 6.45) is 1.72. The van der Waals surface area contributed by atoms with Gasteiger partial charge in [0.15, 0.2) is 5.75 Å². The Morgan fingerprint density at radius 3 is 2.66 bits per heavy atom. The van der Waals surface area contributed by atoms with Crippen LogP contribution in [0.5, 0.6) is 5.75 Å². The molecule has 1 heterocycles. The molecular formula is C24H15BrCl3N3O. The van der Waals surface area contributed by atoms with Gasteiger partial charge in [0.05, 0.1) is 26.1 Å². The summed E-state index contributed by atoms with van der Waals surface area (Å²) < 4.78 is 6.54. The summed E-state index contributed by atoms with van der Waals surface area (Å²) in [5.74, 6) is 0.977. The molecule has 0 saturated heterocycles. The Hall–Kier alpha value is -2.49. The first-order valence-electron chi connectivity index (χ1n) is 9.48. The lowest BCUT2D eigenvalue weighted by molar-refractivity contribution is 0.304. The lowest BCUT2D eigenvalue weighted by Gasteiger charge is -2.12. The molecule has 0 unspecified atom stereocenters. The Morgan fingerprint density at radius 1 is 1.12 bits per heavy atom. The van der Waals surface area contributed by atoms with Gasteiger partial charge in [-0.1, -0.05) is 46.9 Å². The van der Waals surface area contributed by atoms with Gasteiger partial charge in [-0.25, -0.2) is 4.98 Å². The molecule has 1 N–H and O–H groups in total. The molecule has 8 heteroatoms. The third-order valence-corrected chi connectivity index (χ3v) is 6.19. The number of imidazole rings is 1. The smallest absolute Gasteiger partial charge is 0.152 e. The van der Waals surface area contributed by atoms with Gasteiger partial charge in [-0.2, -0.15) is 5.26 Å². The van der Waals surface area contributed by atoms with Crippen molar-refractivity contribution in [3.05, 3.63) is 90.6 Å². The lowest BCUT2D eigenvalue weighted by Crippen LogP contribution is -1.98. The Morgan fingerprint density at radius 2 is 1.94 bits per heavy atom. The maximum atomic E-state index is 9.70. The van der Waals surface area contributed by atoms with Crippen LogP contribution >= 0.6 is 50.7 Å². The minimum absolute atomic E-state index is 0.228. The summed E-state index contributed by atoms with van der Waals surface area (Å²) in [5, 5.41) is 11.2. The molecule has 0 radical (unpaired) electrons. The van der Waals surface area contributed by atoms with Crippen LogP contribution in [0.25, 0.3) is 22.7 Å². The van der Waals surface area contributed by atoms with E-state index in [0.717, 1.165) is 27.7 Å². The number of fused-ring (bicyclic) bond motifs is 1. The van der Waals surface area contributed by atoms with Gasteiger partial charge in [0, 0.05) is 15.6 Å². The number of allylic oxidation sites excluding steroid dienone is 1. The van der Waals surface area contributed by atoms with E-state index in [-0.39, 0.29) is 6.61 Å². The second-order valence-electron chi connectivity index (χ2n) is 7.11. The molecule has 4 nitrogen and oxygen atoms in total. The number of nitrogens with zero attached hydrogens (tertiary/aromatic N) is 2. The normalized spacial score (nSPS) is 11.6. The van der Waals surface area contributed by atoms with E-state index in [2.05, 4.69) is 32.0 Å². The summed E-state index contributed by atoms with van der Waals surface area (Å²) in [7, 11) is 0. The first-order valence-corrected chi connectivity index (χ1v) is 11.4. The standard InChI is InChI=1S/C24H15BrCl3N3O/c1-13-2-5-21-22(6-13)31-24(30-21)16(11-29)7-14-8-18(25)23(20(28)9-14)32-12-15-3-4-17(26)10-19(15)27/h2-10H,12H2,1H3,(H,30,31)/b16-7-. The van der Waals surface area contributed by atoms with Crippen molar-refractivity contribution in [3.8, 4) is 11.8 Å². The number of nitriles is 1. The van der Waals surface area contributed by atoms with Gasteiger partial charge in [-0.05, 0) is 76.5 Å². The highest BCUT2D eigenvalue weighted by Crippen LogP contribution is 2.36. The summed E-state index contributed by atoms with van der Waals surface area (Å²) in [6, 6.07) is 16.9. The average Bonchev–Trinajstić information content (AvgIpc) is 3.15. The number of rotatable bonds is 5. The predicted octanol–water partition coefficient (Wildman–Crippen LogP) is 8.24. The number of nitrogens with one attached hydrogen (secondary N) is 1. The van der Waals surface area contributed by atoms with E-state index in [1.807, 2.05) is 31.2 Å². The molecule has 0 bridgehead atoms. The van der Waals surface area contributed by atoms with E-state index in [4.69, 9.17) is 39.5 Å². The molecule has 0 spiro atoms. The zero-order chi connectivity index (χ0) is 22.8. The van der Waals surface area contributed by atoms with E-state index >= 15 is 0 Å². The SMILES string of the molecule is Cc1ccc2nc(/C(C#N)=C\c3cc(Cl)c(OCc4ccc(Cl)cc4Cl)c(Br)c3)[nH]c2c1. The largest absolute Gasteiger partial charge is 0.486 e. The van der Waals surface area contributed by atoms with Gasteiger partial charge in [0.1, 0.15) is 18.5 Å². The van der Waals surface area contributed by atoms with Crippen molar-refractivity contribution in [2.24, 2.45) is 0 Å². The first-order chi connectivity index (χ1) is 15.3. The fraction of sp³-hybridized carbons (Fsp3) is 0.0833. The number of aromatic amines is 1. The van der Waals surface area contributed by atoms with Gasteiger partial charge in [-0.3, -0.25) is 0 Å². The van der Waals surface area contributed by atoms with Crippen molar-refractivity contribution < 1.29 is 4.74 Å². The maximum absolute atomic E-state index is 9.70. The molecule has 0 saturated carbocycles. The topological polar surface area (TPSA) is 61.7 Å². The number of benzene rings is 3. The molecule has 160 valence electrons. The highest BCUT2D eigenvalue weighted by Gasteiger charge is 2.13. The van der Waals surface area contributed by atoms with E-state index in [1.54, 1.807) is 30.3 Å². The number of aryl methyl sites for hydroxylation is 1. The molecule has 0 aliphatic carbocycles. The average molecular weight is 548 g/mol. The second-order valence-corrected chi connectivity index (χ2v) is 9.22. The minimum atomic E-state index is 0.228. The van der Waals surface area contributed by atoms with Gasteiger partial charge in [0.25, 0.3) is 0 Å². The minimum Gasteiger partial charge on any atom is -0.486 e. The van der Waals surface area contributed by atoms with Crippen molar-refractivity contribution in [2.75, 3.05) is 0 Å². The van der Waals surface area contributed by atoms with Crippen LogP contribution in [0, 0.1) is 18.3 Å². The van der Waals surface area contributed by atoms with Gasteiger partial charge < -0.3 is 9.72 Å². The number of H-pyrrole nitrogens is 1. The van der Waals surface area contributed by atoms with Gasteiger partial charge in [-0.15, -0.1) is 0 Å². The van der Waals surface area contributed by atoms with Crippen LogP contribution in [0.2, 0.25) is 15.1 Å². The Bertz CT molecular complexity index is 1380. The molecule has 4 rings (SSSR count). The summed E-state index contributed by atoms with van der Waals surface area (Å²) in [5.41, 5.74) is 4.70. The van der Waals surface area contributed by atoms with Gasteiger partial charge >= 0.3 is 0 Å². The van der Waals surface area contributed by atoms with E-state index in [0.29, 0.717) is 36.7 Å². The predicted molar refractivity (Wildman–Crippen MR) is 134 cm³/mol. The first kappa shape index (κ1) is 22.7. The Labute approximate surface area is 208 Å². The van der Waals surface area contributed by atoms with Crippen LogP contribution in [0.3, 0.4) is 0 Å². The fourth-order valence-corrected chi connectivity index (χ4v) is 4.61. The molecule has 0 aliphatic rings. The molecule has 0 fully saturated rings. The summed E-state index contributed by atoms with van der Waals surface area (Å²) >= 11 is 22.1. The fourth-order valence-electron chi connectivity index (χ4n) is 3.16. The van der Waals surface area contributed by atoms with Crippen molar-refractivity contribution in [2.45, 2.75) is 13.5 Å². The molecule has 32 heavy (non-hydrogen) atoms. The van der Waals surface area contributed by atoms with Gasteiger partial charge in [0.2, 0.25) is 0 Å². The van der Waals surface area contributed by atoms with E-state index < -0.39 is 0 Å². The van der Waals surface area contributed by atoms with Crippen molar-refractivity contribution in [1.82, 2.24) is 9.97 Å². The van der Waals surface area contributed by atoms with Crippen molar-refractivity contribution in [1.29, 1.82) is 5.26 Å². The quantitative estimate of drug-likeness (QED) is 0.256. The molecular weight excluding hydrogens is 533 g/mol. The molecule has 1 aromatic heterocycles. The third-order valence-electron chi connectivity index (χ3n) is 4.73. The highest BCUT2D eigenvalue weighted by atomic mass is 79.9. The lowest BCUT2D eigenvalue weighted by atomic mass is 10.1. The van der Waals surface area contributed by atoms with Crippen LogP contribution in [0.1, 0.15) is 22.5 Å². The Balaban J connectivity index is 1.61. The van der Waals surface area contributed by atoms with E-state index in [9.17, 15) is 5.26 Å². The second kappa shape index (κ2) is 9.56. The summed E-state index contributed by atoms with van der Waals surface area (Å²) in [6.45, 7) is 2.23. The zero-order valence-corrected chi connectivity index (χ0v) is 20.6. The van der Waals surface area contributed by atoms with Crippen LogP contribution in [-0.2, 0) is 6.61 Å². The third kappa shape index (κ3) is 4.95. The van der Waals surface area contributed by atoms with Crippen LogP contribution in [0.15, 0.2) is 53.0 Å². The number of halogens is 4. The molecule has 0 amide bonds.